The van der Waals surface area contributed by atoms with Crippen LogP contribution in [0, 0.1) is 0 Å². The van der Waals surface area contributed by atoms with E-state index >= 15 is 0 Å². The Balaban J connectivity index is 4.23. The van der Waals surface area contributed by atoms with Crippen LogP contribution < -0.4 is 4.89 Å². The second kappa shape index (κ2) is 42.9. The number of esters is 1. The first-order valence-corrected chi connectivity index (χ1v) is 25.5. The zero-order valence-corrected chi connectivity index (χ0v) is 39.8. The van der Waals surface area contributed by atoms with Gasteiger partial charge in [-0.1, -0.05) is 164 Å². The van der Waals surface area contributed by atoms with Crippen LogP contribution >= 0.6 is 7.82 Å². The molecule has 0 spiro atoms. The zero-order valence-electron chi connectivity index (χ0n) is 38.9. The van der Waals surface area contributed by atoms with Gasteiger partial charge in [-0.3, -0.25) is 9.36 Å². The molecule has 0 aliphatic rings. The van der Waals surface area contributed by atoms with Crippen molar-refractivity contribution in [1.29, 1.82) is 0 Å². The number of likely N-dealkylation sites (N-methyl/N-ethyl adjacent to an activating group) is 1. The van der Waals surface area contributed by atoms with Gasteiger partial charge in [-0.15, -0.1) is 0 Å². The van der Waals surface area contributed by atoms with Crippen molar-refractivity contribution in [3.63, 3.8) is 0 Å². The molecule has 344 valence electrons. The highest BCUT2D eigenvalue weighted by molar-refractivity contribution is 7.45. The lowest BCUT2D eigenvalue weighted by molar-refractivity contribution is -0.870. The van der Waals surface area contributed by atoms with Gasteiger partial charge in [-0.2, -0.15) is 0 Å². The van der Waals surface area contributed by atoms with E-state index in [4.69, 9.17) is 18.5 Å². The summed E-state index contributed by atoms with van der Waals surface area (Å²) in [7, 11) is 1.34. The Kier molecular flexibility index (Phi) is 41.6. The predicted octanol–water partition coefficient (Wildman–Crippen LogP) is 13.9. The van der Waals surface area contributed by atoms with Crippen LogP contribution in [-0.2, 0) is 27.9 Å². The average molecular weight is 850 g/mol. The molecule has 0 aliphatic carbocycles. The summed E-state index contributed by atoms with van der Waals surface area (Å²) >= 11 is 0. The van der Waals surface area contributed by atoms with Crippen molar-refractivity contribution in [2.75, 3.05) is 54.1 Å². The Labute approximate surface area is 364 Å². The summed E-state index contributed by atoms with van der Waals surface area (Å²) in [6, 6.07) is 0. The topological polar surface area (TPSA) is 94.1 Å². The van der Waals surface area contributed by atoms with Crippen molar-refractivity contribution in [2.45, 2.75) is 200 Å². The number of quaternary nitrogens is 1. The average Bonchev–Trinajstić information content (AvgIpc) is 3.19. The standard InChI is InChI=1S/C50H92NO7P/c1-6-8-10-12-14-16-18-20-22-24-25-26-28-30-32-34-36-38-40-42-45-55-47-49(48-57-59(53,54)56-46-44-51(3,4)5)58-50(52)43-41-39-37-35-33-31-29-27-23-21-19-17-15-13-11-9-7-2/h14-17,20-23,25-26,49H,6-13,18-19,24,27-48H2,1-5H3/b16-14-,17-15-,22-20-,23-21-,26-25-. The third-order valence-electron chi connectivity index (χ3n) is 10.0. The second-order valence-electron chi connectivity index (χ2n) is 17.1. The van der Waals surface area contributed by atoms with Crippen LogP contribution in [0.4, 0.5) is 0 Å². The van der Waals surface area contributed by atoms with Crippen LogP contribution in [0.3, 0.4) is 0 Å². The van der Waals surface area contributed by atoms with Crippen LogP contribution in [-0.4, -0.2) is 70.7 Å². The van der Waals surface area contributed by atoms with Gasteiger partial charge in [0.15, 0.2) is 0 Å². The van der Waals surface area contributed by atoms with Crippen LogP contribution in [0.2, 0.25) is 0 Å². The van der Waals surface area contributed by atoms with E-state index < -0.39 is 13.9 Å². The van der Waals surface area contributed by atoms with Gasteiger partial charge in [0.1, 0.15) is 19.3 Å². The summed E-state index contributed by atoms with van der Waals surface area (Å²) in [4.78, 5) is 25.1. The van der Waals surface area contributed by atoms with E-state index in [1.807, 2.05) is 21.1 Å². The normalized spacial score (nSPS) is 14.2. The van der Waals surface area contributed by atoms with E-state index in [9.17, 15) is 14.3 Å². The maximum atomic E-state index is 12.7. The SMILES string of the molecule is CCCCC/C=C\C/C=C\C/C=C\CCCCCCCCCOCC(COP(=O)([O-])OCC[N+](C)(C)C)OC(=O)CCCCCCCCC/C=C\C/C=C\CCCCC. The molecule has 0 bridgehead atoms. The molecule has 9 heteroatoms. The molecule has 2 unspecified atom stereocenters. The minimum Gasteiger partial charge on any atom is -0.756 e. The molecular weight excluding hydrogens is 758 g/mol. The molecule has 0 aliphatic heterocycles. The van der Waals surface area contributed by atoms with Crippen molar-refractivity contribution >= 4 is 13.8 Å². The molecular formula is C50H92NO7P. The van der Waals surface area contributed by atoms with Gasteiger partial charge in [0, 0.05) is 13.0 Å². The molecule has 0 aromatic carbocycles. The van der Waals surface area contributed by atoms with Crippen LogP contribution in [0.1, 0.15) is 194 Å². The Morgan fingerprint density at radius 2 is 0.932 bits per heavy atom. The number of rotatable bonds is 44. The van der Waals surface area contributed by atoms with E-state index in [0.717, 1.165) is 70.6 Å². The zero-order chi connectivity index (χ0) is 43.4. The maximum absolute atomic E-state index is 12.7. The number of unbranched alkanes of at least 4 members (excludes halogenated alkanes) is 20. The number of allylic oxidation sites excluding steroid dienone is 10. The molecule has 0 N–H and O–H groups in total. The summed E-state index contributed by atoms with van der Waals surface area (Å²) in [5.41, 5.74) is 0. The van der Waals surface area contributed by atoms with Gasteiger partial charge in [0.25, 0.3) is 7.82 Å². The van der Waals surface area contributed by atoms with E-state index in [2.05, 4.69) is 74.6 Å². The number of carbonyl (C=O) groups excluding carboxylic acids is 1. The Morgan fingerprint density at radius 1 is 0.525 bits per heavy atom. The van der Waals surface area contributed by atoms with E-state index in [0.29, 0.717) is 24.1 Å². The van der Waals surface area contributed by atoms with Crippen molar-refractivity contribution in [1.82, 2.24) is 0 Å². The van der Waals surface area contributed by atoms with Crippen molar-refractivity contribution in [2.24, 2.45) is 0 Å². The fraction of sp³-hybridized carbons (Fsp3) is 0.780. The molecule has 0 fully saturated rings. The Hall–Kier alpha value is -1.80. The molecule has 2 atom stereocenters. The first-order valence-electron chi connectivity index (χ1n) is 24.0. The van der Waals surface area contributed by atoms with Crippen LogP contribution in [0.25, 0.3) is 0 Å². The van der Waals surface area contributed by atoms with Gasteiger partial charge in [0.2, 0.25) is 0 Å². The number of carbonyl (C=O) groups is 1. The predicted molar refractivity (Wildman–Crippen MR) is 249 cm³/mol. The number of nitrogens with zero attached hydrogens (tertiary/aromatic N) is 1. The Morgan fingerprint density at radius 3 is 1.39 bits per heavy atom. The smallest absolute Gasteiger partial charge is 0.306 e. The molecule has 0 saturated heterocycles. The maximum Gasteiger partial charge on any atom is 0.306 e. The third kappa shape index (κ3) is 47.1. The van der Waals surface area contributed by atoms with Gasteiger partial charge in [0.05, 0.1) is 34.4 Å². The van der Waals surface area contributed by atoms with E-state index in [-0.39, 0.29) is 25.8 Å². The molecule has 0 radical (unpaired) electrons. The van der Waals surface area contributed by atoms with Crippen LogP contribution in [0.5, 0.6) is 0 Å². The number of ether oxygens (including phenoxy) is 2. The van der Waals surface area contributed by atoms with E-state index in [1.54, 1.807) is 0 Å². The molecule has 0 aromatic heterocycles. The van der Waals surface area contributed by atoms with Gasteiger partial charge < -0.3 is 27.9 Å². The van der Waals surface area contributed by atoms with E-state index in [1.165, 1.54) is 103 Å². The summed E-state index contributed by atoms with van der Waals surface area (Å²) < 4.78 is 34.7. The first kappa shape index (κ1) is 57.2. The van der Waals surface area contributed by atoms with Crippen molar-refractivity contribution in [3.8, 4) is 0 Å². The Bertz CT molecular complexity index is 1130. The minimum absolute atomic E-state index is 0.0199. The molecule has 8 nitrogen and oxygen atoms in total. The number of phosphoric acid groups is 1. The quantitative estimate of drug-likeness (QED) is 0.0198. The number of hydrogen-bond donors (Lipinski definition) is 0. The summed E-state index contributed by atoms with van der Waals surface area (Å²) in [5.74, 6) is -0.347. The summed E-state index contributed by atoms with van der Waals surface area (Å²) in [6.45, 7) is 5.33. The third-order valence-corrected chi connectivity index (χ3v) is 11.0. The minimum atomic E-state index is -4.54. The van der Waals surface area contributed by atoms with Gasteiger partial charge in [-0.25, -0.2) is 0 Å². The van der Waals surface area contributed by atoms with Crippen molar-refractivity contribution < 1.29 is 37.3 Å². The highest BCUT2D eigenvalue weighted by atomic mass is 31.2. The number of hydrogen-bond acceptors (Lipinski definition) is 7. The first-order chi connectivity index (χ1) is 28.6. The summed E-state index contributed by atoms with van der Waals surface area (Å²) in [5, 5.41) is 0. The molecule has 0 saturated carbocycles. The van der Waals surface area contributed by atoms with Crippen molar-refractivity contribution in [3.05, 3.63) is 60.8 Å². The van der Waals surface area contributed by atoms with Gasteiger partial charge >= 0.3 is 5.97 Å². The van der Waals surface area contributed by atoms with Gasteiger partial charge in [-0.05, 0) is 83.5 Å². The molecule has 0 rings (SSSR count). The monoisotopic (exact) mass is 850 g/mol. The highest BCUT2D eigenvalue weighted by Crippen LogP contribution is 2.38. The largest absolute Gasteiger partial charge is 0.756 e. The van der Waals surface area contributed by atoms with Crippen LogP contribution in [0.15, 0.2) is 60.8 Å². The lowest BCUT2D eigenvalue weighted by Gasteiger charge is -2.28. The second-order valence-corrected chi connectivity index (χ2v) is 18.5. The lowest BCUT2D eigenvalue weighted by atomic mass is 10.1. The molecule has 59 heavy (non-hydrogen) atoms. The number of phosphoric ester groups is 1. The highest BCUT2D eigenvalue weighted by Gasteiger charge is 2.20. The summed E-state index contributed by atoms with van der Waals surface area (Å²) in [6.07, 6.45) is 53.7. The fourth-order valence-electron chi connectivity index (χ4n) is 6.29. The molecule has 0 amide bonds. The molecule has 0 heterocycles. The fourth-order valence-corrected chi connectivity index (χ4v) is 7.02. The molecule has 0 aromatic rings. The lowest BCUT2D eigenvalue weighted by Crippen LogP contribution is -2.37.